The number of aryl methyl sites for hydroxylation is 2. The first kappa shape index (κ1) is 21.9. The quantitative estimate of drug-likeness (QED) is 0.213. The van der Waals surface area contributed by atoms with E-state index < -0.39 is 0 Å². The van der Waals surface area contributed by atoms with Crippen molar-refractivity contribution in [3.8, 4) is 0 Å². The van der Waals surface area contributed by atoms with Gasteiger partial charge in [-0.25, -0.2) is 4.57 Å². The van der Waals surface area contributed by atoms with E-state index in [-0.39, 0.29) is 10.8 Å². The summed E-state index contributed by atoms with van der Waals surface area (Å²) in [5.41, 5.74) is 10.4. The lowest BCUT2D eigenvalue weighted by Crippen LogP contribution is -2.27. The van der Waals surface area contributed by atoms with Crippen LogP contribution in [0, 0.1) is 17.8 Å². The number of hydrogen-bond acceptors (Lipinski definition) is 1. The van der Waals surface area contributed by atoms with Crippen molar-refractivity contribution in [2.45, 2.75) is 61.3 Å². The molecule has 0 aliphatic rings. The fourth-order valence-electron chi connectivity index (χ4n) is 5.43. The van der Waals surface area contributed by atoms with Crippen LogP contribution in [0.4, 0.5) is 0 Å². The first-order valence-electron chi connectivity index (χ1n) is 12.1. The van der Waals surface area contributed by atoms with Crippen molar-refractivity contribution in [3.05, 3.63) is 65.4 Å². The highest BCUT2D eigenvalue weighted by molar-refractivity contribution is 6.12. The number of fused-ring (bicyclic) bond motifs is 8. The van der Waals surface area contributed by atoms with E-state index in [9.17, 15) is 0 Å². The minimum Gasteiger partial charge on any atom is -0.252 e. The van der Waals surface area contributed by atoms with Gasteiger partial charge in [0.25, 0.3) is 5.65 Å². The Morgan fingerprint density at radius 3 is 2.27 bits per heavy atom. The molecule has 3 heteroatoms. The summed E-state index contributed by atoms with van der Waals surface area (Å²) in [6, 6.07) is 17.9. The summed E-state index contributed by atoms with van der Waals surface area (Å²) in [7, 11) is 2.20. The molecule has 3 aromatic heterocycles. The monoisotopic (exact) mass is 438 g/mol. The summed E-state index contributed by atoms with van der Waals surface area (Å²) in [5, 5.41) is 2.48. The second-order valence-electron chi connectivity index (χ2n) is 12.1. The molecule has 5 rings (SSSR count). The van der Waals surface area contributed by atoms with Gasteiger partial charge in [0.15, 0.2) is 11.0 Å². The van der Waals surface area contributed by atoms with Gasteiger partial charge in [0, 0.05) is 16.6 Å². The van der Waals surface area contributed by atoms with Crippen LogP contribution in [0.5, 0.6) is 0 Å². The molecular formula is C30H36N3+. The molecule has 0 amide bonds. The minimum absolute atomic E-state index is 0.198. The van der Waals surface area contributed by atoms with Crippen molar-refractivity contribution in [2.75, 3.05) is 0 Å². The number of imidazole rings is 1. The van der Waals surface area contributed by atoms with Gasteiger partial charge in [-0.2, -0.15) is 4.40 Å². The van der Waals surface area contributed by atoms with Crippen LogP contribution in [0.2, 0.25) is 0 Å². The molecule has 5 aromatic rings. The highest BCUT2D eigenvalue weighted by Crippen LogP contribution is 2.35. The molecule has 0 atom stereocenters. The number of benzene rings is 2. The van der Waals surface area contributed by atoms with Crippen LogP contribution in [0.1, 0.15) is 58.4 Å². The lowest BCUT2D eigenvalue weighted by Gasteiger charge is -2.19. The maximum absolute atomic E-state index is 5.27. The van der Waals surface area contributed by atoms with E-state index in [0.717, 1.165) is 18.4 Å². The molecular weight excluding hydrogens is 402 g/mol. The summed E-state index contributed by atoms with van der Waals surface area (Å²) in [4.78, 5) is 5.27. The van der Waals surface area contributed by atoms with Gasteiger partial charge in [-0.15, -0.1) is 0 Å². The standard InChI is InChI=1S/C30H36N3/c1-19-16-21(18-30(5,6)7)31-26-22-13-9-10-14-23(22)33-27-20(17-29(2,3)4)12-11-15-24(27)32(8)28(33)25(19)26/h9-16H,17-18H2,1-8H3/q+1. The number of rotatable bonds is 2. The number of hydrogen-bond donors (Lipinski definition) is 0. The van der Waals surface area contributed by atoms with E-state index in [1.807, 2.05) is 0 Å². The predicted molar refractivity (Wildman–Crippen MR) is 140 cm³/mol. The van der Waals surface area contributed by atoms with E-state index in [2.05, 4.69) is 113 Å². The minimum atomic E-state index is 0.198. The lowest BCUT2D eigenvalue weighted by molar-refractivity contribution is -0.617. The highest BCUT2D eigenvalue weighted by Gasteiger charge is 2.28. The number of para-hydroxylation sites is 2. The Kier molecular flexibility index (Phi) is 4.83. The maximum atomic E-state index is 5.27. The van der Waals surface area contributed by atoms with Crippen LogP contribution in [-0.4, -0.2) is 9.38 Å². The van der Waals surface area contributed by atoms with Crippen LogP contribution in [0.15, 0.2) is 48.5 Å². The van der Waals surface area contributed by atoms with Gasteiger partial charge in [0.1, 0.15) is 5.52 Å². The molecule has 0 N–H and O–H groups in total. The van der Waals surface area contributed by atoms with Crippen LogP contribution >= 0.6 is 0 Å². The first-order valence-corrected chi connectivity index (χ1v) is 12.1. The fourth-order valence-corrected chi connectivity index (χ4v) is 5.43. The third-order valence-electron chi connectivity index (χ3n) is 6.54. The van der Waals surface area contributed by atoms with Gasteiger partial charge in [0.2, 0.25) is 0 Å². The van der Waals surface area contributed by atoms with Crippen molar-refractivity contribution < 1.29 is 4.57 Å². The summed E-state index contributed by atoms with van der Waals surface area (Å²) in [6.07, 6.45) is 2.00. The van der Waals surface area contributed by atoms with Crippen molar-refractivity contribution in [1.82, 2.24) is 9.38 Å². The molecule has 170 valence electrons. The van der Waals surface area contributed by atoms with E-state index in [0.29, 0.717) is 0 Å². The van der Waals surface area contributed by atoms with E-state index in [4.69, 9.17) is 4.98 Å². The van der Waals surface area contributed by atoms with Crippen LogP contribution < -0.4 is 4.57 Å². The Morgan fingerprint density at radius 1 is 0.879 bits per heavy atom. The Labute approximate surface area is 197 Å². The molecule has 0 bridgehead atoms. The predicted octanol–water partition coefficient (Wildman–Crippen LogP) is 7.10. The largest absolute Gasteiger partial charge is 0.297 e. The highest BCUT2D eigenvalue weighted by atomic mass is 15.1. The molecule has 0 aliphatic heterocycles. The van der Waals surface area contributed by atoms with E-state index >= 15 is 0 Å². The number of pyridine rings is 2. The Balaban J connectivity index is 2.01. The maximum Gasteiger partial charge on any atom is 0.297 e. The van der Waals surface area contributed by atoms with Gasteiger partial charge < -0.3 is 0 Å². The number of aromatic nitrogens is 3. The Bertz CT molecular complexity index is 1540. The van der Waals surface area contributed by atoms with Crippen LogP contribution in [-0.2, 0) is 19.9 Å². The third-order valence-corrected chi connectivity index (χ3v) is 6.54. The average Bonchev–Trinajstić information content (AvgIpc) is 3.00. The first-order chi connectivity index (χ1) is 15.4. The van der Waals surface area contributed by atoms with E-state index in [1.165, 1.54) is 49.8 Å². The molecule has 33 heavy (non-hydrogen) atoms. The van der Waals surface area contributed by atoms with Gasteiger partial charge in [-0.1, -0.05) is 65.8 Å². The summed E-state index contributed by atoms with van der Waals surface area (Å²) >= 11 is 0. The van der Waals surface area contributed by atoms with Gasteiger partial charge in [0.05, 0.1) is 18.0 Å². The summed E-state index contributed by atoms with van der Waals surface area (Å²) < 4.78 is 4.86. The lowest BCUT2D eigenvalue weighted by atomic mass is 9.87. The molecule has 0 saturated heterocycles. The molecule has 0 unspecified atom stereocenters. The Hall–Kier alpha value is -2.94. The van der Waals surface area contributed by atoms with Crippen molar-refractivity contribution >= 4 is 38.5 Å². The summed E-state index contributed by atoms with van der Waals surface area (Å²) in [5.74, 6) is 0. The molecule has 0 spiro atoms. The molecule has 0 fully saturated rings. The second kappa shape index (κ2) is 7.28. The molecule has 0 aliphatic carbocycles. The SMILES string of the molecule is Cc1cc(CC(C)(C)C)nc2c3ccccc3n3c4c(CC(C)(C)C)cccc4[n+](C)c3c12. The zero-order valence-corrected chi connectivity index (χ0v) is 21.4. The summed E-state index contributed by atoms with van der Waals surface area (Å²) in [6.45, 7) is 16.1. The zero-order valence-electron chi connectivity index (χ0n) is 21.4. The van der Waals surface area contributed by atoms with Crippen molar-refractivity contribution in [2.24, 2.45) is 17.9 Å². The van der Waals surface area contributed by atoms with Gasteiger partial charge in [-0.05, 0) is 60.4 Å². The van der Waals surface area contributed by atoms with Crippen LogP contribution in [0.25, 0.3) is 38.5 Å². The van der Waals surface area contributed by atoms with Gasteiger partial charge in [-0.3, -0.25) is 4.98 Å². The normalized spacial score (nSPS) is 13.1. The van der Waals surface area contributed by atoms with Crippen LogP contribution in [0.3, 0.4) is 0 Å². The topological polar surface area (TPSA) is 21.2 Å². The Morgan fingerprint density at radius 2 is 1.58 bits per heavy atom. The molecule has 2 aromatic carbocycles. The molecule has 0 radical (unpaired) electrons. The van der Waals surface area contributed by atoms with Gasteiger partial charge >= 0.3 is 0 Å². The van der Waals surface area contributed by atoms with Crippen molar-refractivity contribution in [3.63, 3.8) is 0 Å². The zero-order chi connectivity index (χ0) is 23.7. The van der Waals surface area contributed by atoms with E-state index in [1.54, 1.807) is 0 Å². The molecule has 3 heterocycles. The molecule has 3 nitrogen and oxygen atoms in total. The number of nitrogens with zero attached hydrogens (tertiary/aromatic N) is 3. The van der Waals surface area contributed by atoms with Crippen molar-refractivity contribution in [1.29, 1.82) is 0 Å². The smallest absolute Gasteiger partial charge is 0.252 e. The average molecular weight is 439 g/mol. The molecule has 0 saturated carbocycles. The fraction of sp³-hybridized carbons (Fsp3) is 0.400. The third kappa shape index (κ3) is 3.68. The second-order valence-corrected chi connectivity index (χ2v) is 12.1.